The van der Waals surface area contributed by atoms with Gasteiger partial charge in [0, 0.05) is 24.8 Å². The van der Waals surface area contributed by atoms with Crippen molar-refractivity contribution in [2.45, 2.75) is 38.1 Å². The van der Waals surface area contributed by atoms with E-state index in [4.69, 9.17) is 5.73 Å². The second-order valence-electron chi connectivity index (χ2n) is 6.19. The van der Waals surface area contributed by atoms with Gasteiger partial charge in [0.05, 0.1) is 0 Å². The predicted octanol–water partition coefficient (Wildman–Crippen LogP) is 2.25. The third kappa shape index (κ3) is 3.15. The molecule has 3 heteroatoms. The third-order valence-electron chi connectivity index (χ3n) is 4.80. The van der Waals surface area contributed by atoms with Crippen LogP contribution in [0.25, 0.3) is 0 Å². The van der Waals surface area contributed by atoms with Crippen molar-refractivity contribution in [2.75, 3.05) is 37.6 Å². The summed E-state index contributed by atoms with van der Waals surface area (Å²) in [4.78, 5) is 5.26. The minimum atomic E-state index is 0.736. The van der Waals surface area contributed by atoms with Gasteiger partial charge >= 0.3 is 0 Å². The Bertz CT molecular complexity index is 409. The standard InChI is InChI=1S/C17H27N3/c18-10-8-15-4-6-16(7-5-15)20-13-9-17(14-20)19-11-2-1-3-12-19/h4-7,17H,1-3,8-14,18H2. The first-order valence-corrected chi connectivity index (χ1v) is 8.15. The number of hydrogen-bond acceptors (Lipinski definition) is 3. The van der Waals surface area contributed by atoms with E-state index in [1.165, 1.54) is 63.1 Å². The highest BCUT2D eigenvalue weighted by atomic mass is 15.3. The van der Waals surface area contributed by atoms with Crippen molar-refractivity contribution in [3.8, 4) is 0 Å². The summed E-state index contributed by atoms with van der Waals surface area (Å²) < 4.78 is 0. The topological polar surface area (TPSA) is 32.5 Å². The van der Waals surface area contributed by atoms with Crippen LogP contribution in [0.1, 0.15) is 31.2 Å². The molecular formula is C17H27N3. The average Bonchev–Trinajstić information content (AvgIpc) is 2.99. The van der Waals surface area contributed by atoms with E-state index in [0.717, 1.165) is 19.0 Å². The fraction of sp³-hybridized carbons (Fsp3) is 0.647. The lowest BCUT2D eigenvalue weighted by Crippen LogP contribution is -2.40. The molecule has 3 nitrogen and oxygen atoms in total. The van der Waals surface area contributed by atoms with Gasteiger partial charge in [-0.2, -0.15) is 0 Å². The van der Waals surface area contributed by atoms with Crippen LogP contribution in [0.5, 0.6) is 0 Å². The fourth-order valence-electron chi connectivity index (χ4n) is 3.60. The third-order valence-corrected chi connectivity index (χ3v) is 4.80. The first-order chi connectivity index (χ1) is 9.86. The van der Waals surface area contributed by atoms with E-state index in [9.17, 15) is 0 Å². The molecule has 1 unspecified atom stereocenters. The molecule has 20 heavy (non-hydrogen) atoms. The molecule has 2 aliphatic heterocycles. The first-order valence-electron chi connectivity index (χ1n) is 8.15. The van der Waals surface area contributed by atoms with E-state index in [-0.39, 0.29) is 0 Å². The van der Waals surface area contributed by atoms with Crippen LogP contribution in [-0.4, -0.2) is 43.7 Å². The van der Waals surface area contributed by atoms with Gasteiger partial charge in [-0.15, -0.1) is 0 Å². The average molecular weight is 273 g/mol. The normalized spacial score (nSPS) is 24.2. The zero-order valence-electron chi connectivity index (χ0n) is 12.4. The van der Waals surface area contributed by atoms with Crippen molar-refractivity contribution in [1.29, 1.82) is 0 Å². The second-order valence-corrected chi connectivity index (χ2v) is 6.19. The monoisotopic (exact) mass is 273 g/mol. The maximum Gasteiger partial charge on any atom is 0.0366 e. The molecule has 2 fully saturated rings. The number of nitrogens with zero attached hydrogens (tertiary/aromatic N) is 2. The molecule has 0 aromatic heterocycles. The Morgan fingerprint density at radius 1 is 1.00 bits per heavy atom. The highest BCUT2D eigenvalue weighted by Gasteiger charge is 2.28. The van der Waals surface area contributed by atoms with E-state index in [1.807, 2.05) is 0 Å². The number of benzene rings is 1. The van der Waals surface area contributed by atoms with Gasteiger partial charge < -0.3 is 10.6 Å². The quantitative estimate of drug-likeness (QED) is 0.913. The van der Waals surface area contributed by atoms with Crippen molar-refractivity contribution in [3.05, 3.63) is 29.8 Å². The maximum absolute atomic E-state index is 5.61. The summed E-state index contributed by atoms with van der Waals surface area (Å²) in [6, 6.07) is 9.78. The lowest BCUT2D eigenvalue weighted by molar-refractivity contribution is 0.175. The maximum atomic E-state index is 5.61. The zero-order chi connectivity index (χ0) is 13.8. The molecule has 2 aliphatic rings. The minimum absolute atomic E-state index is 0.736. The molecule has 1 atom stereocenters. The molecule has 0 bridgehead atoms. The zero-order valence-corrected chi connectivity index (χ0v) is 12.4. The summed E-state index contributed by atoms with van der Waals surface area (Å²) in [7, 11) is 0. The summed E-state index contributed by atoms with van der Waals surface area (Å²) in [5, 5.41) is 0. The number of hydrogen-bond donors (Lipinski definition) is 1. The smallest absolute Gasteiger partial charge is 0.0366 e. The molecule has 2 heterocycles. The van der Waals surface area contributed by atoms with Crippen molar-refractivity contribution < 1.29 is 0 Å². The summed E-state index contributed by atoms with van der Waals surface area (Å²) >= 11 is 0. The number of piperidine rings is 1. The minimum Gasteiger partial charge on any atom is -0.370 e. The van der Waals surface area contributed by atoms with Crippen molar-refractivity contribution in [3.63, 3.8) is 0 Å². The van der Waals surface area contributed by atoms with Gasteiger partial charge in [0.2, 0.25) is 0 Å². The molecule has 2 saturated heterocycles. The summed E-state index contributed by atoms with van der Waals surface area (Å²) in [5.74, 6) is 0. The van der Waals surface area contributed by atoms with Crippen molar-refractivity contribution in [2.24, 2.45) is 5.73 Å². The van der Waals surface area contributed by atoms with Crippen molar-refractivity contribution in [1.82, 2.24) is 4.90 Å². The van der Waals surface area contributed by atoms with Crippen LogP contribution in [0.4, 0.5) is 5.69 Å². The number of rotatable bonds is 4. The van der Waals surface area contributed by atoms with Crippen LogP contribution >= 0.6 is 0 Å². The largest absolute Gasteiger partial charge is 0.370 e. The van der Waals surface area contributed by atoms with Gasteiger partial charge in [0.1, 0.15) is 0 Å². The molecule has 110 valence electrons. The second kappa shape index (κ2) is 6.59. The number of likely N-dealkylation sites (tertiary alicyclic amines) is 1. The summed E-state index contributed by atoms with van der Waals surface area (Å²) in [6.45, 7) is 5.77. The Morgan fingerprint density at radius 3 is 2.45 bits per heavy atom. The summed E-state index contributed by atoms with van der Waals surface area (Å²) in [5.41, 5.74) is 8.34. The van der Waals surface area contributed by atoms with E-state index in [2.05, 4.69) is 34.1 Å². The van der Waals surface area contributed by atoms with Crippen LogP contribution < -0.4 is 10.6 Å². The van der Waals surface area contributed by atoms with E-state index in [1.54, 1.807) is 0 Å². The summed E-state index contributed by atoms with van der Waals surface area (Å²) in [6.07, 6.45) is 6.52. The fourth-order valence-corrected chi connectivity index (χ4v) is 3.60. The molecule has 0 spiro atoms. The Hall–Kier alpha value is -1.06. The number of nitrogens with two attached hydrogens (primary N) is 1. The van der Waals surface area contributed by atoms with E-state index >= 15 is 0 Å². The van der Waals surface area contributed by atoms with E-state index in [0.29, 0.717) is 0 Å². The van der Waals surface area contributed by atoms with Crippen LogP contribution in [0.15, 0.2) is 24.3 Å². The Morgan fingerprint density at radius 2 is 1.75 bits per heavy atom. The molecule has 0 radical (unpaired) electrons. The first kappa shape index (κ1) is 13.9. The highest BCUT2D eigenvalue weighted by Crippen LogP contribution is 2.25. The SMILES string of the molecule is NCCc1ccc(N2CCC(N3CCCCC3)C2)cc1. The van der Waals surface area contributed by atoms with Gasteiger partial charge in [-0.3, -0.25) is 4.90 Å². The van der Waals surface area contributed by atoms with Gasteiger partial charge in [-0.1, -0.05) is 18.6 Å². The van der Waals surface area contributed by atoms with Crippen LogP contribution in [0.3, 0.4) is 0 Å². The van der Waals surface area contributed by atoms with Crippen LogP contribution in [-0.2, 0) is 6.42 Å². The molecule has 0 amide bonds. The molecule has 0 aliphatic carbocycles. The molecule has 1 aromatic rings. The Kier molecular flexibility index (Phi) is 4.58. The molecular weight excluding hydrogens is 246 g/mol. The van der Waals surface area contributed by atoms with E-state index < -0.39 is 0 Å². The highest BCUT2D eigenvalue weighted by molar-refractivity contribution is 5.48. The lowest BCUT2D eigenvalue weighted by atomic mass is 10.1. The molecule has 2 N–H and O–H groups in total. The molecule has 0 saturated carbocycles. The predicted molar refractivity (Wildman–Crippen MR) is 85.2 cm³/mol. The number of anilines is 1. The van der Waals surface area contributed by atoms with Gasteiger partial charge in [-0.05, 0) is 63.0 Å². The van der Waals surface area contributed by atoms with Crippen LogP contribution in [0.2, 0.25) is 0 Å². The van der Waals surface area contributed by atoms with Gasteiger partial charge in [0.15, 0.2) is 0 Å². The molecule has 3 rings (SSSR count). The Labute approximate surface area is 122 Å². The van der Waals surface area contributed by atoms with Gasteiger partial charge in [-0.25, -0.2) is 0 Å². The van der Waals surface area contributed by atoms with Crippen molar-refractivity contribution >= 4 is 5.69 Å². The molecule has 1 aromatic carbocycles. The lowest BCUT2D eigenvalue weighted by Gasteiger charge is -2.32. The van der Waals surface area contributed by atoms with Gasteiger partial charge in [0.25, 0.3) is 0 Å². The van der Waals surface area contributed by atoms with Crippen LogP contribution in [0, 0.1) is 0 Å². The Balaban J connectivity index is 1.58.